The molecular formula is C25H26N4O4. The van der Waals surface area contributed by atoms with E-state index in [9.17, 15) is 14.4 Å². The molecule has 0 atom stereocenters. The third kappa shape index (κ3) is 6.00. The Bertz CT molecular complexity index is 1150. The number of amides is 3. The van der Waals surface area contributed by atoms with Crippen LogP contribution in [0.15, 0.2) is 65.3 Å². The predicted octanol–water partition coefficient (Wildman–Crippen LogP) is 3.92. The molecule has 4 rings (SSSR count). The molecule has 1 fully saturated rings. The minimum Gasteiger partial charge on any atom is -0.467 e. The minimum atomic E-state index is -0.239. The van der Waals surface area contributed by atoms with Crippen LogP contribution >= 0.6 is 0 Å². The van der Waals surface area contributed by atoms with Crippen molar-refractivity contribution in [3.05, 3.63) is 77.7 Å². The average Bonchev–Trinajstić information content (AvgIpc) is 3.55. The molecule has 1 aliphatic rings. The van der Waals surface area contributed by atoms with Crippen molar-refractivity contribution in [1.82, 2.24) is 5.32 Å². The highest BCUT2D eigenvalue weighted by Crippen LogP contribution is 2.31. The van der Waals surface area contributed by atoms with Crippen LogP contribution in [0.4, 0.5) is 17.1 Å². The van der Waals surface area contributed by atoms with Gasteiger partial charge in [-0.25, -0.2) is 0 Å². The lowest BCUT2D eigenvalue weighted by Crippen LogP contribution is -2.24. The third-order valence-corrected chi connectivity index (χ3v) is 5.40. The summed E-state index contributed by atoms with van der Waals surface area (Å²) in [5.74, 6) is 0.323. The zero-order chi connectivity index (χ0) is 23.2. The van der Waals surface area contributed by atoms with Gasteiger partial charge < -0.3 is 25.7 Å². The normalized spacial score (nSPS) is 12.6. The van der Waals surface area contributed by atoms with Gasteiger partial charge in [0.05, 0.1) is 19.4 Å². The Labute approximate surface area is 191 Å². The summed E-state index contributed by atoms with van der Waals surface area (Å²) >= 11 is 0. The Morgan fingerprint density at radius 3 is 2.45 bits per heavy atom. The number of benzene rings is 2. The van der Waals surface area contributed by atoms with E-state index in [4.69, 9.17) is 4.42 Å². The molecule has 1 heterocycles. The lowest BCUT2D eigenvalue weighted by molar-refractivity contribution is -0.117. The molecule has 1 aromatic heterocycles. The Balaban J connectivity index is 1.30. The van der Waals surface area contributed by atoms with E-state index in [1.54, 1.807) is 54.8 Å². The SMILES string of the molecule is Cc1c(NC(=O)CNc2cccc(C(=O)NCc3ccco3)c2)cccc1NC(=O)C1CC1. The first kappa shape index (κ1) is 22.1. The maximum absolute atomic E-state index is 12.5. The Hall–Kier alpha value is -4.07. The highest BCUT2D eigenvalue weighted by Gasteiger charge is 2.29. The molecule has 3 aromatic rings. The van der Waals surface area contributed by atoms with Gasteiger partial charge in [-0.1, -0.05) is 12.1 Å². The summed E-state index contributed by atoms with van der Waals surface area (Å²) in [5.41, 5.74) is 3.27. The number of carbonyl (C=O) groups is 3. The molecule has 0 spiro atoms. The molecule has 1 saturated carbocycles. The number of carbonyl (C=O) groups excluding carboxylic acids is 3. The molecule has 8 heteroatoms. The van der Waals surface area contributed by atoms with Crippen LogP contribution in [0.25, 0.3) is 0 Å². The Morgan fingerprint density at radius 1 is 0.970 bits per heavy atom. The van der Waals surface area contributed by atoms with Gasteiger partial charge in [-0.3, -0.25) is 14.4 Å². The quantitative estimate of drug-likeness (QED) is 0.398. The second-order valence-corrected chi connectivity index (χ2v) is 7.99. The van der Waals surface area contributed by atoms with Crippen LogP contribution < -0.4 is 21.3 Å². The van der Waals surface area contributed by atoms with Crippen LogP contribution in [0.1, 0.15) is 34.5 Å². The number of hydrogen-bond acceptors (Lipinski definition) is 5. The summed E-state index contributed by atoms with van der Waals surface area (Å²) in [5, 5.41) is 11.6. The van der Waals surface area contributed by atoms with Gasteiger partial charge in [-0.2, -0.15) is 0 Å². The molecule has 8 nitrogen and oxygen atoms in total. The van der Waals surface area contributed by atoms with Crippen LogP contribution in [0.3, 0.4) is 0 Å². The Morgan fingerprint density at radius 2 is 1.73 bits per heavy atom. The number of anilines is 3. The highest BCUT2D eigenvalue weighted by molar-refractivity contribution is 5.99. The highest BCUT2D eigenvalue weighted by atomic mass is 16.3. The molecule has 0 radical (unpaired) electrons. The lowest BCUT2D eigenvalue weighted by atomic mass is 10.1. The van der Waals surface area contributed by atoms with Crippen molar-refractivity contribution in [3.8, 4) is 0 Å². The fourth-order valence-electron chi connectivity index (χ4n) is 3.32. The van der Waals surface area contributed by atoms with E-state index < -0.39 is 0 Å². The molecule has 0 unspecified atom stereocenters. The zero-order valence-electron chi connectivity index (χ0n) is 18.3. The van der Waals surface area contributed by atoms with Crippen molar-refractivity contribution in [1.29, 1.82) is 0 Å². The van der Waals surface area contributed by atoms with Gasteiger partial charge in [-0.05, 0) is 67.8 Å². The first-order chi connectivity index (χ1) is 16.0. The van der Waals surface area contributed by atoms with Crippen LogP contribution in [0, 0.1) is 12.8 Å². The van der Waals surface area contributed by atoms with E-state index in [-0.39, 0.29) is 30.2 Å². The van der Waals surface area contributed by atoms with Gasteiger partial charge in [0, 0.05) is 28.5 Å². The maximum Gasteiger partial charge on any atom is 0.251 e. The molecule has 0 saturated heterocycles. The topological polar surface area (TPSA) is 112 Å². The average molecular weight is 447 g/mol. The number of furan rings is 1. The van der Waals surface area contributed by atoms with Gasteiger partial charge in [0.1, 0.15) is 5.76 Å². The second-order valence-electron chi connectivity index (χ2n) is 7.99. The molecule has 3 amide bonds. The van der Waals surface area contributed by atoms with E-state index in [0.717, 1.165) is 18.4 Å². The first-order valence-electron chi connectivity index (χ1n) is 10.8. The summed E-state index contributed by atoms with van der Waals surface area (Å²) in [4.78, 5) is 36.9. The molecule has 4 N–H and O–H groups in total. The number of hydrogen-bond donors (Lipinski definition) is 4. The lowest BCUT2D eigenvalue weighted by Gasteiger charge is -2.14. The minimum absolute atomic E-state index is 0.0234. The van der Waals surface area contributed by atoms with Crippen molar-refractivity contribution in [3.63, 3.8) is 0 Å². The molecule has 0 aliphatic heterocycles. The third-order valence-electron chi connectivity index (χ3n) is 5.40. The van der Waals surface area contributed by atoms with E-state index in [0.29, 0.717) is 34.9 Å². The zero-order valence-corrected chi connectivity index (χ0v) is 18.3. The van der Waals surface area contributed by atoms with Gasteiger partial charge >= 0.3 is 0 Å². The van der Waals surface area contributed by atoms with Crippen LogP contribution in [-0.4, -0.2) is 24.3 Å². The summed E-state index contributed by atoms with van der Waals surface area (Å²) < 4.78 is 5.21. The monoisotopic (exact) mass is 446 g/mol. The molecule has 33 heavy (non-hydrogen) atoms. The van der Waals surface area contributed by atoms with Gasteiger partial charge in [0.15, 0.2) is 0 Å². The standard InChI is InChI=1S/C25H26N4O4/c1-16-21(8-3-9-22(16)29-25(32)17-10-11-17)28-23(30)15-26-19-6-2-5-18(13-19)24(31)27-14-20-7-4-12-33-20/h2-9,12-13,17,26H,10-11,14-15H2,1H3,(H,27,31)(H,28,30)(H,29,32). The summed E-state index contributed by atoms with van der Waals surface area (Å²) in [7, 11) is 0. The molecule has 170 valence electrons. The largest absolute Gasteiger partial charge is 0.467 e. The van der Waals surface area contributed by atoms with E-state index in [2.05, 4.69) is 21.3 Å². The van der Waals surface area contributed by atoms with E-state index >= 15 is 0 Å². The summed E-state index contributed by atoms with van der Waals surface area (Å²) in [6.45, 7) is 2.18. The molecule has 0 bridgehead atoms. The second kappa shape index (κ2) is 10.0. The summed E-state index contributed by atoms with van der Waals surface area (Å²) in [6, 6.07) is 15.9. The fourth-order valence-corrected chi connectivity index (χ4v) is 3.32. The van der Waals surface area contributed by atoms with Crippen molar-refractivity contribution in [2.45, 2.75) is 26.3 Å². The van der Waals surface area contributed by atoms with Crippen LogP contribution in [-0.2, 0) is 16.1 Å². The van der Waals surface area contributed by atoms with Crippen LogP contribution in [0.2, 0.25) is 0 Å². The Kier molecular flexibility index (Phi) is 6.73. The van der Waals surface area contributed by atoms with Crippen molar-refractivity contribution >= 4 is 34.8 Å². The van der Waals surface area contributed by atoms with Gasteiger partial charge in [0.25, 0.3) is 5.91 Å². The number of nitrogens with one attached hydrogen (secondary N) is 4. The molecule has 1 aliphatic carbocycles. The maximum atomic E-state index is 12.5. The predicted molar refractivity (Wildman–Crippen MR) is 126 cm³/mol. The van der Waals surface area contributed by atoms with E-state index in [1.807, 2.05) is 13.0 Å². The number of rotatable bonds is 9. The molecular weight excluding hydrogens is 420 g/mol. The molecule has 2 aromatic carbocycles. The van der Waals surface area contributed by atoms with Crippen LogP contribution in [0.5, 0.6) is 0 Å². The van der Waals surface area contributed by atoms with Gasteiger partial charge in [0.2, 0.25) is 11.8 Å². The van der Waals surface area contributed by atoms with Crippen molar-refractivity contribution in [2.75, 3.05) is 22.5 Å². The van der Waals surface area contributed by atoms with Crippen molar-refractivity contribution < 1.29 is 18.8 Å². The first-order valence-corrected chi connectivity index (χ1v) is 10.8. The van der Waals surface area contributed by atoms with E-state index in [1.165, 1.54) is 0 Å². The van der Waals surface area contributed by atoms with Gasteiger partial charge in [-0.15, -0.1) is 0 Å². The fraction of sp³-hybridized carbons (Fsp3) is 0.240. The smallest absolute Gasteiger partial charge is 0.251 e. The summed E-state index contributed by atoms with van der Waals surface area (Å²) in [6.07, 6.45) is 3.42. The van der Waals surface area contributed by atoms with Crippen molar-refractivity contribution in [2.24, 2.45) is 5.92 Å².